The number of nitrogens with zero attached hydrogens (tertiary/aromatic N) is 2. The van der Waals surface area contributed by atoms with Crippen LogP contribution < -0.4 is 4.90 Å². The molecule has 3 heteroatoms. The highest BCUT2D eigenvalue weighted by Crippen LogP contribution is 2.45. The fourth-order valence-corrected chi connectivity index (χ4v) is 7.60. The van der Waals surface area contributed by atoms with E-state index in [0.29, 0.717) is 27.9 Å². The van der Waals surface area contributed by atoms with Crippen LogP contribution in [0, 0.1) is 0 Å². The summed E-state index contributed by atoms with van der Waals surface area (Å²) in [5.74, 6) is 0. The molecule has 0 spiro atoms. The average Bonchev–Trinajstić information content (AvgIpc) is 3.87. The van der Waals surface area contributed by atoms with Crippen molar-refractivity contribution in [1.82, 2.24) is 4.57 Å². The van der Waals surface area contributed by atoms with Gasteiger partial charge in [-0.2, -0.15) is 0 Å². The number of furan rings is 1. The van der Waals surface area contributed by atoms with E-state index < -0.39 is 72.0 Å². The minimum absolute atomic E-state index is 0.132. The number of anilines is 3. The summed E-state index contributed by atoms with van der Waals surface area (Å²) in [6, 6.07) is 34.5. The zero-order valence-electron chi connectivity index (χ0n) is 38.9. The van der Waals surface area contributed by atoms with Crippen molar-refractivity contribution >= 4 is 82.4 Å². The molecule has 0 saturated carbocycles. The van der Waals surface area contributed by atoms with Crippen molar-refractivity contribution < 1.29 is 19.5 Å². The summed E-state index contributed by atoms with van der Waals surface area (Å²) < 4.78 is 108. The van der Waals surface area contributed by atoms with Crippen molar-refractivity contribution in [3.8, 4) is 16.8 Å². The first-order chi connectivity index (χ1) is 30.9. The molecule has 0 aliphatic heterocycles. The van der Waals surface area contributed by atoms with Gasteiger partial charge in [-0.25, -0.2) is 0 Å². The maximum absolute atomic E-state index is 9.72. The second-order valence-electron chi connectivity index (χ2n) is 12.9. The van der Waals surface area contributed by atoms with Crippen molar-refractivity contribution in [2.45, 2.75) is 0 Å². The molecule has 11 rings (SSSR count). The minimum Gasteiger partial charge on any atom is -0.455 e. The van der Waals surface area contributed by atoms with Gasteiger partial charge in [-0.05, 0) is 94.0 Å². The third-order valence-corrected chi connectivity index (χ3v) is 9.95. The van der Waals surface area contributed by atoms with Gasteiger partial charge < -0.3 is 13.9 Å². The van der Waals surface area contributed by atoms with Gasteiger partial charge in [0.05, 0.1) is 37.2 Å². The summed E-state index contributed by atoms with van der Waals surface area (Å²) in [5, 5.41) is 4.80. The lowest BCUT2D eigenvalue weighted by molar-refractivity contribution is 0.672. The fraction of sp³-hybridized carbons (Fsp3) is 0. The smallest absolute Gasteiger partial charge is 0.143 e. The summed E-state index contributed by atoms with van der Waals surface area (Å²) in [6.07, 6.45) is 0. The molecular formula is C50H32N2O. The topological polar surface area (TPSA) is 21.3 Å². The van der Waals surface area contributed by atoms with Gasteiger partial charge in [-0.15, -0.1) is 0 Å². The standard InChI is InChI=1S/C50H32N2O/c1-3-14-39-33(11-1)13-9-18-40(39)35-23-26-36(27-24-35)51(47-21-10-22-48-49(47)44-32-25-34-12-2-4-15-41(34)50(44)53-48)37-28-30-38(31-29-37)52-45-19-7-5-16-42(45)43-17-6-8-20-46(43)52/h1-32H/i1D,3D,9D,11D,13D,14D,18D,23D,24D,26D,27D. The van der Waals surface area contributed by atoms with Crippen molar-refractivity contribution in [3.63, 3.8) is 0 Å². The van der Waals surface area contributed by atoms with E-state index in [9.17, 15) is 5.48 Å². The Bertz CT molecular complexity index is 3730. The Morgan fingerprint density at radius 3 is 1.96 bits per heavy atom. The minimum atomic E-state index is -0.676. The molecule has 2 aromatic heterocycles. The van der Waals surface area contributed by atoms with Crippen molar-refractivity contribution in [1.29, 1.82) is 0 Å². The van der Waals surface area contributed by atoms with Gasteiger partial charge in [0, 0.05) is 38.6 Å². The van der Waals surface area contributed by atoms with E-state index >= 15 is 0 Å². The Labute approximate surface area is 321 Å². The van der Waals surface area contributed by atoms with E-state index in [-0.39, 0.29) is 22.0 Å². The summed E-state index contributed by atoms with van der Waals surface area (Å²) in [6.45, 7) is 0. The lowest BCUT2D eigenvalue weighted by Gasteiger charge is -2.27. The van der Waals surface area contributed by atoms with Gasteiger partial charge in [0.1, 0.15) is 11.2 Å². The molecule has 0 radical (unpaired) electrons. The fourth-order valence-electron chi connectivity index (χ4n) is 7.60. The third kappa shape index (κ3) is 4.61. The van der Waals surface area contributed by atoms with Gasteiger partial charge in [0.15, 0.2) is 0 Å². The van der Waals surface area contributed by atoms with Crippen LogP contribution in [0.15, 0.2) is 198 Å². The predicted molar refractivity (Wildman–Crippen MR) is 223 cm³/mol. The molecule has 0 N–H and O–H groups in total. The first-order valence-corrected chi connectivity index (χ1v) is 17.2. The third-order valence-electron chi connectivity index (χ3n) is 9.95. The summed E-state index contributed by atoms with van der Waals surface area (Å²) in [4.78, 5) is 1.67. The molecule has 0 saturated heterocycles. The zero-order valence-corrected chi connectivity index (χ0v) is 27.9. The van der Waals surface area contributed by atoms with Crippen LogP contribution in [0.3, 0.4) is 0 Å². The van der Waals surface area contributed by atoms with E-state index in [4.69, 9.17) is 14.0 Å². The van der Waals surface area contributed by atoms with Gasteiger partial charge >= 0.3 is 0 Å². The zero-order chi connectivity index (χ0) is 44.5. The number of hydrogen-bond donors (Lipinski definition) is 0. The monoisotopic (exact) mass is 687 g/mol. The van der Waals surface area contributed by atoms with Crippen molar-refractivity contribution in [2.75, 3.05) is 4.90 Å². The second kappa shape index (κ2) is 11.7. The van der Waals surface area contributed by atoms with Crippen LogP contribution >= 0.6 is 0 Å². The van der Waals surface area contributed by atoms with Crippen LogP contribution in [0.5, 0.6) is 0 Å². The van der Waals surface area contributed by atoms with Gasteiger partial charge in [0.25, 0.3) is 0 Å². The number of hydrogen-bond acceptors (Lipinski definition) is 2. The van der Waals surface area contributed by atoms with Crippen molar-refractivity contribution in [2.24, 2.45) is 0 Å². The molecule has 0 amide bonds. The molecule has 248 valence electrons. The largest absolute Gasteiger partial charge is 0.455 e. The van der Waals surface area contributed by atoms with E-state index in [1.165, 1.54) is 0 Å². The first kappa shape index (κ1) is 20.7. The molecule has 0 aliphatic rings. The molecule has 2 heterocycles. The highest BCUT2D eigenvalue weighted by molar-refractivity contribution is 6.19. The van der Waals surface area contributed by atoms with Crippen LogP contribution in [-0.2, 0) is 0 Å². The molecule has 0 unspecified atom stereocenters. The summed E-state index contributed by atoms with van der Waals surface area (Å²) in [7, 11) is 0. The highest BCUT2D eigenvalue weighted by Gasteiger charge is 2.21. The number of aromatic nitrogens is 1. The SMILES string of the molecule is [2H]c1c([2H])c(N(c2ccc(-n3c4ccccc4c4ccccc43)cc2)c2cccc3oc4c5ccccc5ccc4c23)c([2H])c([2H])c1-c1c([2H])c([2H])c([2H])c2c([2H])c([2H])c([2H])c([2H])c12. The number of benzene rings is 9. The maximum atomic E-state index is 9.72. The molecule has 0 fully saturated rings. The Kier molecular flexibility index (Phi) is 4.57. The first-order valence-electron chi connectivity index (χ1n) is 22.7. The lowest BCUT2D eigenvalue weighted by atomic mass is 9.98. The van der Waals surface area contributed by atoms with Crippen LogP contribution in [0.1, 0.15) is 15.1 Å². The molecular weight excluding hydrogens is 645 g/mol. The van der Waals surface area contributed by atoms with Crippen molar-refractivity contribution in [3.05, 3.63) is 194 Å². The van der Waals surface area contributed by atoms with Gasteiger partial charge in [-0.3, -0.25) is 0 Å². The molecule has 3 nitrogen and oxygen atoms in total. The number of para-hydroxylation sites is 2. The molecule has 9 aromatic carbocycles. The Morgan fingerprint density at radius 2 is 1.17 bits per heavy atom. The highest BCUT2D eigenvalue weighted by atomic mass is 16.3. The number of fused-ring (bicyclic) bond motifs is 9. The molecule has 0 aliphatic carbocycles. The Balaban J connectivity index is 1.20. The van der Waals surface area contributed by atoms with E-state index in [0.717, 1.165) is 43.7 Å². The van der Waals surface area contributed by atoms with Crippen LogP contribution in [-0.4, -0.2) is 4.57 Å². The van der Waals surface area contributed by atoms with E-state index in [1.807, 2.05) is 97.1 Å². The van der Waals surface area contributed by atoms with Gasteiger partial charge in [0.2, 0.25) is 0 Å². The number of rotatable bonds is 5. The predicted octanol–water partition coefficient (Wildman–Crippen LogP) is 14.1. The quantitative estimate of drug-likeness (QED) is 0.180. The summed E-state index contributed by atoms with van der Waals surface area (Å²) in [5.41, 5.74) is 4.07. The van der Waals surface area contributed by atoms with E-state index in [1.54, 1.807) is 11.0 Å². The van der Waals surface area contributed by atoms with Crippen LogP contribution in [0.4, 0.5) is 17.1 Å². The maximum Gasteiger partial charge on any atom is 0.143 e. The Hall–Kier alpha value is -7.10. The summed E-state index contributed by atoms with van der Waals surface area (Å²) >= 11 is 0. The second-order valence-corrected chi connectivity index (χ2v) is 12.9. The molecule has 0 bridgehead atoms. The Morgan fingerprint density at radius 1 is 0.472 bits per heavy atom. The van der Waals surface area contributed by atoms with E-state index in [2.05, 4.69) is 28.8 Å². The van der Waals surface area contributed by atoms with Crippen LogP contribution in [0.25, 0.3) is 82.1 Å². The molecule has 0 atom stereocenters. The molecule has 53 heavy (non-hydrogen) atoms. The lowest BCUT2D eigenvalue weighted by Crippen LogP contribution is -2.10. The van der Waals surface area contributed by atoms with Gasteiger partial charge in [-0.1, -0.05) is 127 Å². The van der Waals surface area contributed by atoms with Crippen LogP contribution in [0.2, 0.25) is 0 Å². The average molecular weight is 688 g/mol. The molecule has 11 aromatic rings. The normalized spacial score (nSPS) is 14.7.